The molecule has 1 aromatic carbocycles. The number of rotatable bonds is 1. The number of benzene rings is 1. The predicted octanol–water partition coefficient (Wildman–Crippen LogP) is 2.44. The van der Waals surface area contributed by atoms with E-state index in [4.69, 9.17) is 5.73 Å². The van der Waals surface area contributed by atoms with E-state index in [-0.39, 0.29) is 5.69 Å². The van der Waals surface area contributed by atoms with Crippen molar-refractivity contribution in [3.8, 4) is 5.69 Å². The highest BCUT2D eigenvalue weighted by Crippen LogP contribution is 2.29. The van der Waals surface area contributed by atoms with E-state index in [2.05, 4.69) is 0 Å². The standard InChI is InChI=1S/C12H9F3N2O/c13-12(14,15)8-3-5-9(6-4-8)17-7-1-2-10(16)11(17)18/h1-7H,16H2. The van der Waals surface area contributed by atoms with E-state index in [9.17, 15) is 18.0 Å². The monoisotopic (exact) mass is 254 g/mol. The fraction of sp³-hybridized carbons (Fsp3) is 0.0833. The van der Waals surface area contributed by atoms with Gasteiger partial charge >= 0.3 is 6.18 Å². The maximum Gasteiger partial charge on any atom is 0.416 e. The first kappa shape index (κ1) is 12.2. The van der Waals surface area contributed by atoms with Crippen LogP contribution < -0.4 is 11.3 Å². The summed E-state index contributed by atoms with van der Waals surface area (Å²) in [4.78, 5) is 11.7. The van der Waals surface area contributed by atoms with Gasteiger partial charge in [-0.05, 0) is 36.4 Å². The number of pyridine rings is 1. The Morgan fingerprint density at radius 1 is 1.06 bits per heavy atom. The molecule has 0 atom stereocenters. The molecular formula is C12H9F3N2O. The molecule has 0 saturated carbocycles. The van der Waals surface area contributed by atoms with Crippen molar-refractivity contribution in [2.75, 3.05) is 5.73 Å². The Bertz CT molecular complexity index is 614. The van der Waals surface area contributed by atoms with Crippen LogP contribution in [0.3, 0.4) is 0 Å². The molecule has 0 unspecified atom stereocenters. The molecule has 2 aromatic rings. The van der Waals surface area contributed by atoms with Gasteiger partial charge in [0.25, 0.3) is 5.56 Å². The third-order valence-electron chi connectivity index (χ3n) is 2.45. The quantitative estimate of drug-likeness (QED) is 0.849. The molecule has 6 heteroatoms. The van der Waals surface area contributed by atoms with E-state index in [1.54, 1.807) is 6.07 Å². The number of hydrogen-bond donors (Lipinski definition) is 1. The van der Waals surface area contributed by atoms with Crippen LogP contribution >= 0.6 is 0 Å². The normalized spacial score (nSPS) is 11.5. The molecule has 94 valence electrons. The van der Waals surface area contributed by atoms with Gasteiger partial charge in [-0.25, -0.2) is 0 Å². The third-order valence-corrected chi connectivity index (χ3v) is 2.45. The van der Waals surface area contributed by atoms with Crippen LogP contribution in [-0.4, -0.2) is 4.57 Å². The summed E-state index contributed by atoms with van der Waals surface area (Å²) in [7, 11) is 0. The number of nitrogens with zero attached hydrogens (tertiary/aromatic N) is 1. The molecular weight excluding hydrogens is 245 g/mol. The van der Waals surface area contributed by atoms with E-state index < -0.39 is 17.3 Å². The second-order valence-electron chi connectivity index (χ2n) is 3.68. The smallest absolute Gasteiger partial charge is 0.394 e. The molecule has 1 heterocycles. The maximum absolute atomic E-state index is 12.4. The highest BCUT2D eigenvalue weighted by molar-refractivity contribution is 5.41. The van der Waals surface area contributed by atoms with Crippen LogP contribution in [0, 0.1) is 0 Å². The van der Waals surface area contributed by atoms with Crippen LogP contribution in [0.15, 0.2) is 47.4 Å². The first-order chi connectivity index (χ1) is 8.39. The van der Waals surface area contributed by atoms with Crippen molar-refractivity contribution in [1.29, 1.82) is 0 Å². The number of nitrogen functional groups attached to an aromatic ring is 1. The van der Waals surface area contributed by atoms with Gasteiger partial charge in [0.1, 0.15) is 0 Å². The maximum atomic E-state index is 12.4. The second-order valence-corrected chi connectivity index (χ2v) is 3.68. The zero-order valence-corrected chi connectivity index (χ0v) is 9.11. The summed E-state index contributed by atoms with van der Waals surface area (Å²) in [5, 5.41) is 0. The van der Waals surface area contributed by atoms with Crippen LogP contribution in [0.4, 0.5) is 18.9 Å². The number of aromatic nitrogens is 1. The summed E-state index contributed by atoms with van der Waals surface area (Å²) < 4.78 is 38.3. The van der Waals surface area contributed by atoms with Gasteiger partial charge < -0.3 is 5.73 Å². The average molecular weight is 254 g/mol. The van der Waals surface area contributed by atoms with Crippen LogP contribution in [-0.2, 0) is 6.18 Å². The molecule has 0 fully saturated rings. The summed E-state index contributed by atoms with van der Waals surface area (Å²) in [5.74, 6) is 0. The largest absolute Gasteiger partial charge is 0.416 e. The first-order valence-corrected chi connectivity index (χ1v) is 5.04. The SMILES string of the molecule is Nc1cccn(-c2ccc(C(F)(F)F)cc2)c1=O. The average Bonchev–Trinajstić information content (AvgIpc) is 2.32. The summed E-state index contributed by atoms with van der Waals surface area (Å²) in [6.07, 6.45) is -2.94. The van der Waals surface area contributed by atoms with Crippen molar-refractivity contribution in [3.05, 3.63) is 58.5 Å². The molecule has 0 saturated heterocycles. The third kappa shape index (κ3) is 2.22. The first-order valence-electron chi connectivity index (χ1n) is 5.04. The molecule has 0 spiro atoms. The predicted molar refractivity (Wildman–Crippen MR) is 61.5 cm³/mol. The molecule has 0 amide bonds. The van der Waals surface area contributed by atoms with Crippen LogP contribution in [0.25, 0.3) is 5.69 Å². The molecule has 2 rings (SSSR count). The highest BCUT2D eigenvalue weighted by Gasteiger charge is 2.29. The fourth-order valence-corrected chi connectivity index (χ4v) is 1.53. The van der Waals surface area contributed by atoms with Gasteiger partial charge in [-0.3, -0.25) is 9.36 Å². The summed E-state index contributed by atoms with van der Waals surface area (Å²) >= 11 is 0. The number of alkyl halides is 3. The number of hydrogen-bond acceptors (Lipinski definition) is 2. The Kier molecular flexibility index (Phi) is 2.86. The Morgan fingerprint density at radius 3 is 2.22 bits per heavy atom. The Hall–Kier alpha value is -2.24. The molecule has 0 radical (unpaired) electrons. The molecule has 3 nitrogen and oxygen atoms in total. The van der Waals surface area contributed by atoms with Crippen molar-refractivity contribution in [2.24, 2.45) is 0 Å². The van der Waals surface area contributed by atoms with Crippen LogP contribution in [0.2, 0.25) is 0 Å². The van der Waals surface area contributed by atoms with Crippen LogP contribution in [0.5, 0.6) is 0 Å². The van der Waals surface area contributed by atoms with Crippen molar-refractivity contribution >= 4 is 5.69 Å². The zero-order chi connectivity index (χ0) is 13.3. The minimum Gasteiger partial charge on any atom is -0.394 e. The molecule has 2 N–H and O–H groups in total. The zero-order valence-electron chi connectivity index (χ0n) is 9.11. The lowest BCUT2D eigenvalue weighted by atomic mass is 10.2. The number of halogens is 3. The molecule has 0 aliphatic heterocycles. The number of nitrogens with two attached hydrogens (primary N) is 1. The van der Waals surface area contributed by atoms with E-state index in [1.807, 2.05) is 0 Å². The lowest BCUT2D eigenvalue weighted by molar-refractivity contribution is -0.137. The summed E-state index contributed by atoms with van der Waals surface area (Å²) in [6.45, 7) is 0. The lowest BCUT2D eigenvalue weighted by Crippen LogP contribution is -2.20. The lowest BCUT2D eigenvalue weighted by Gasteiger charge is -2.09. The number of anilines is 1. The fourth-order valence-electron chi connectivity index (χ4n) is 1.53. The minimum absolute atomic E-state index is 0.0393. The highest BCUT2D eigenvalue weighted by atomic mass is 19.4. The van der Waals surface area contributed by atoms with Gasteiger partial charge in [-0.1, -0.05) is 0 Å². The molecule has 1 aromatic heterocycles. The van der Waals surface area contributed by atoms with E-state index in [0.29, 0.717) is 5.69 Å². The van der Waals surface area contributed by atoms with Gasteiger partial charge in [0.2, 0.25) is 0 Å². The van der Waals surface area contributed by atoms with Gasteiger partial charge in [0.05, 0.1) is 11.3 Å². The van der Waals surface area contributed by atoms with Crippen molar-refractivity contribution in [3.63, 3.8) is 0 Å². The van der Waals surface area contributed by atoms with Crippen molar-refractivity contribution in [2.45, 2.75) is 6.18 Å². The minimum atomic E-state index is -4.39. The van der Waals surface area contributed by atoms with Gasteiger partial charge in [0.15, 0.2) is 0 Å². The van der Waals surface area contributed by atoms with Gasteiger partial charge in [0, 0.05) is 11.9 Å². The van der Waals surface area contributed by atoms with E-state index >= 15 is 0 Å². The Morgan fingerprint density at radius 2 is 1.67 bits per heavy atom. The van der Waals surface area contributed by atoms with Crippen molar-refractivity contribution < 1.29 is 13.2 Å². The van der Waals surface area contributed by atoms with Gasteiger partial charge in [-0.15, -0.1) is 0 Å². The Labute approximate surface area is 100 Å². The van der Waals surface area contributed by atoms with Gasteiger partial charge in [-0.2, -0.15) is 13.2 Å². The van der Waals surface area contributed by atoms with Crippen LogP contribution in [0.1, 0.15) is 5.56 Å². The molecule has 0 aliphatic rings. The molecule has 0 aliphatic carbocycles. The second kappa shape index (κ2) is 4.21. The molecule has 0 bridgehead atoms. The van der Waals surface area contributed by atoms with E-state index in [0.717, 1.165) is 12.1 Å². The summed E-state index contributed by atoms with van der Waals surface area (Å²) in [5.41, 5.74) is 4.59. The van der Waals surface area contributed by atoms with Crippen molar-refractivity contribution in [1.82, 2.24) is 4.57 Å². The molecule has 18 heavy (non-hydrogen) atoms. The van der Waals surface area contributed by atoms with E-state index in [1.165, 1.54) is 29.0 Å². The summed E-state index contributed by atoms with van der Waals surface area (Å²) in [6, 6.07) is 7.28. The topological polar surface area (TPSA) is 48.0 Å². The Balaban J connectivity index is 2.47.